The smallest absolute Gasteiger partial charge is 0.319 e. The summed E-state index contributed by atoms with van der Waals surface area (Å²) in [6.45, 7) is 13.5. The highest BCUT2D eigenvalue weighted by Crippen LogP contribution is 2.43. The zero-order valence-electron chi connectivity index (χ0n) is 45.9. The van der Waals surface area contributed by atoms with E-state index in [1.54, 1.807) is 52.6 Å². The summed E-state index contributed by atoms with van der Waals surface area (Å²) in [7, 11) is 0. The molecule has 18 nitrogen and oxygen atoms in total. The number of halogens is 3. The van der Waals surface area contributed by atoms with Crippen LogP contribution in [-0.2, 0) is 14.4 Å². The Labute approximate surface area is 481 Å². The van der Waals surface area contributed by atoms with E-state index in [0.717, 1.165) is 34.5 Å². The highest BCUT2D eigenvalue weighted by molar-refractivity contribution is 7.13. The third-order valence-electron chi connectivity index (χ3n) is 15.8. The second kappa shape index (κ2) is 24.8. The Morgan fingerprint density at radius 2 is 1.76 bits per heavy atom. The third kappa shape index (κ3) is 12.2. The second-order valence-electron chi connectivity index (χ2n) is 21.6. The lowest BCUT2D eigenvalue weighted by Gasteiger charge is -2.41. The van der Waals surface area contributed by atoms with Gasteiger partial charge in [0.25, 0.3) is 11.8 Å². The number of thiazole rings is 1. The number of piperidine rings is 1. The van der Waals surface area contributed by atoms with E-state index in [0.29, 0.717) is 48.3 Å². The molecule has 3 N–H and O–H groups in total. The van der Waals surface area contributed by atoms with Crippen LogP contribution in [0.5, 0.6) is 17.6 Å². The van der Waals surface area contributed by atoms with Crippen LogP contribution in [0.3, 0.4) is 0 Å². The van der Waals surface area contributed by atoms with Gasteiger partial charge >= 0.3 is 6.01 Å². The van der Waals surface area contributed by atoms with Crippen LogP contribution in [0.25, 0.3) is 43.2 Å². The predicted molar refractivity (Wildman–Crippen MR) is 307 cm³/mol. The first-order chi connectivity index (χ1) is 39.5. The van der Waals surface area contributed by atoms with Crippen LogP contribution in [0.2, 0.25) is 5.02 Å². The summed E-state index contributed by atoms with van der Waals surface area (Å²) < 4.78 is 49.5. The Morgan fingerprint density at radius 3 is 2.48 bits per heavy atom. The standard InChI is InChI=1S/C60H63ClF2N10O8S/c1-33(2)51(59(78)73-30-43(75)26-48(73)57(76)66-35(4)38-10-12-39(13-11-38)55-36(5)65-32-82-55)49-28-50(69-81-49)80-31-37-15-18-70(19-16-37)22-23-79-60-67-54-46(56(68-60)71-20-21-72(58(77)34(3)62)41(29-71)14-17-64)27-47(61)52(53(54)63)45-25-42(74)24-40-8-6-7-9-44(40)45/h6-13,24-25,27-28,32-33,35,37,41,43,48,51,74-75H,3,14-16,18-23,26,29-31H2,1-2,4-5H3,(H,66,76)/t35-,41-,43+,48-,51-/m0/s1. The Bertz CT molecular complexity index is 3570. The first kappa shape index (κ1) is 57.5. The normalized spacial score (nSPS) is 18.7. The number of hydrogen-bond acceptors (Lipinski definition) is 16. The first-order valence-corrected chi connectivity index (χ1v) is 28.6. The lowest BCUT2D eigenvalue weighted by atomic mass is 9.91. The summed E-state index contributed by atoms with van der Waals surface area (Å²) >= 11 is 8.51. The van der Waals surface area contributed by atoms with Crippen molar-refractivity contribution in [2.75, 3.05) is 63.9 Å². The number of rotatable bonds is 18. The number of phenolic OH excluding ortho intramolecular Hbond substituents is 1. The van der Waals surface area contributed by atoms with Gasteiger partial charge in [0.05, 0.1) is 58.4 Å². The lowest BCUT2D eigenvalue weighted by Crippen LogP contribution is -2.55. The molecule has 0 saturated carbocycles. The Hall–Kier alpha value is -7.77. The number of anilines is 1. The zero-order valence-corrected chi connectivity index (χ0v) is 47.4. The average molecular weight is 1160 g/mol. The van der Waals surface area contributed by atoms with E-state index in [-0.39, 0.29) is 120 Å². The van der Waals surface area contributed by atoms with Gasteiger partial charge in [-0.1, -0.05) is 80.6 Å². The fourth-order valence-corrected chi connectivity index (χ4v) is 12.5. The number of aliphatic hydroxyl groups is 1. The highest BCUT2D eigenvalue weighted by Gasteiger charge is 2.44. The van der Waals surface area contributed by atoms with Crippen molar-refractivity contribution in [2.24, 2.45) is 11.8 Å². The van der Waals surface area contributed by atoms with E-state index in [1.807, 2.05) is 63.5 Å². The number of ether oxygens (including phenoxy) is 2. The number of aromatic hydroxyl groups is 1. The molecule has 428 valence electrons. The molecule has 22 heteroatoms. The van der Waals surface area contributed by atoms with Crippen molar-refractivity contribution in [1.82, 2.24) is 40.1 Å². The fraction of sp³-hybridized carbons (Fsp3) is 0.400. The molecule has 3 aromatic heterocycles. The third-order valence-corrected chi connectivity index (χ3v) is 17.0. The molecule has 82 heavy (non-hydrogen) atoms. The molecule has 3 fully saturated rings. The Balaban J connectivity index is 0.767. The molecule has 3 saturated heterocycles. The van der Waals surface area contributed by atoms with Gasteiger partial charge in [0.1, 0.15) is 35.7 Å². The average Bonchev–Trinajstić information content (AvgIpc) is 2.08. The number of carbonyl (C=O) groups is 3. The summed E-state index contributed by atoms with van der Waals surface area (Å²) in [5, 5.41) is 40.0. The van der Waals surface area contributed by atoms with E-state index in [2.05, 4.69) is 38.0 Å². The number of nitrogens with zero attached hydrogens (tertiary/aromatic N) is 9. The van der Waals surface area contributed by atoms with Gasteiger partial charge in [0.15, 0.2) is 17.4 Å². The number of aliphatic hydroxyl groups excluding tert-OH is 1. The van der Waals surface area contributed by atoms with Crippen molar-refractivity contribution in [3.8, 4) is 45.3 Å². The molecule has 0 aliphatic carbocycles. The second-order valence-corrected chi connectivity index (χ2v) is 22.9. The van der Waals surface area contributed by atoms with Crippen molar-refractivity contribution < 1.29 is 47.4 Å². The number of benzene rings is 4. The molecule has 5 atom stereocenters. The number of phenols is 1. The van der Waals surface area contributed by atoms with Crippen LogP contribution in [0, 0.1) is 35.9 Å². The van der Waals surface area contributed by atoms with E-state index in [1.165, 1.54) is 15.9 Å². The van der Waals surface area contributed by atoms with Gasteiger partial charge in [0.2, 0.25) is 11.8 Å². The summed E-state index contributed by atoms with van der Waals surface area (Å²) in [6.07, 6.45) is 0.699. The summed E-state index contributed by atoms with van der Waals surface area (Å²) in [4.78, 5) is 62.4. The number of carbonyl (C=O) groups excluding carboxylic acids is 3. The predicted octanol–water partition coefficient (Wildman–Crippen LogP) is 9.53. The number of β-amino-alcohol motifs (C(OH)–C–C–N with tert-alkyl or cyclic N) is 1. The van der Waals surface area contributed by atoms with E-state index in [9.17, 15) is 34.2 Å². The first-order valence-electron chi connectivity index (χ1n) is 27.4. The van der Waals surface area contributed by atoms with Crippen LogP contribution in [0.1, 0.15) is 75.4 Å². The van der Waals surface area contributed by atoms with Crippen LogP contribution < -0.4 is 19.7 Å². The van der Waals surface area contributed by atoms with Crippen LogP contribution in [-0.4, -0.2) is 140 Å². The largest absolute Gasteiger partial charge is 0.508 e. The minimum absolute atomic E-state index is 0.00458. The molecule has 3 aliphatic rings. The van der Waals surface area contributed by atoms with Gasteiger partial charge in [-0.2, -0.15) is 15.2 Å². The maximum Gasteiger partial charge on any atom is 0.319 e. The number of amides is 3. The van der Waals surface area contributed by atoms with Gasteiger partial charge in [-0.25, -0.2) is 13.8 Å². The van der Waals surface area contributed by atoms with Crippen molar-refractivity contribution in [1.29, 1.82) is 5.26 Å². The molecule has 6 heterocycles. The number of nitriles is 1. The quantitative estimate of drug-likeness (QED) is 0.0681. The van der Waals surface area contributed by atoms with E-state index >= 15 is 4.39 Å². The molecule has 0 bridgehead atoms. The number of hydrogen-bond donors (Lipinski definition) is 3. The van der Waals surface area contributed by atoms with Crippen LogP contribution >= 0.6 is 22.9 Å². The topological polar surface area (TPSA) is 224 Å². The van der Waals surface area contributed by atoms with Gasteiger partial charge in [-0.15, -0.1) is 11.3 Å². The number of piperazine rings is 1. The molecule has 4 aromatic carbocycles. The molecule has 3 aliphatic heterocycles. The number of nitrogens with one attached hydrogen (secondary N) is 1. The fourth-order valence-electron chi connectivity index (χ4n) is 11.4. The van der Waals surface area contributed by atoms with Crippen molar-refractivity contribution in [3.05, 3.63) is 119 Å². The van der Waals surface area contributed by atoms with E-state index < -0.39 is 41.7 Å². The lowest BCUT2D eigenvalue weighted by molar-refractivity contribution is -0.141. The van der Waals surface area contributed by atoms with Gasteiger partial charge in [-0.3, -0.25) is 19.3 Å². The molecule has 10 rings (SSSR count). The monoisotopic (exact) mass is 1160 g/mol. The van der Waals surface area contributed by atoms with Gasteiger partial charge in [-0.05, 0) is 102 Å². The number of aryl methyl sites for hydroxylation is 1. The molecule has 7 aromatic rings. The van der Waals surface area contributed by atoms with Gasteiger partial charge in [0, 0.05) is 56.2 Å². The number of likely N-dealkylation sites (tertiary alicyclic amines) is 2. The minimum atomic E-state index is -1.14. The highest BCUT2D eigenvalue weighted by atomic mass is 35.5. The van der Waals surface area contributed by atoms with Crippen LogP contribution in [0.4, 0.5) is 14.6 Å². The van der Waals surface area contributed by atoms with Crippen molar-refractivity contribution in [2.45, 2.75) is 83.5 Å². The number of fused-ring (bicyclic) bond motifs is 2. The van der Waals surface area contributed by atoms with Gasteiger partial charge < -0.3 is 44.2 Å². The Morgan fingerprint density at radius 1 is 0.988 bits per heavy atom. The van der Waals surface area contributed by atoms with Crippen molar-refractivity contribution in [3.63, 3.8) is 0 Å². The minimum Gasteiger partial charge on any atom is -0.508 e. The molecule has 3 amide bonds. The van der Waals surface area contributed by atoms with Crippen LogP contribution in [0.15, 0.2) is 95.2 Å². The summed E-state index contributed by atoms with van der Waals surface area (Å²) in [5.74, 6) is -3.67. The summed E-state index contributed by atoms with van der Waals surface area (Å²) in [6, 6.07) is 21.4. The molecule has 0 radical (unpaired) electrons. The zero-order chi connectivity index (χ0) is 57.9. The molecular formula is C60H63ClF2N10O8S. The molecule has 0 spiro atoms. The summed E-state index contributed by atoms with van der Waals surface area (Å²) in [5.41, 5.74) is 4.98. The van der Waals surface area contributed by atoms with Crippen molar-refractivity contribution >= 4 is 68.2 Å². The molecular weight excluding hydrogens is 1090 g/mol. The maximum absolute atomic E-state index is 17.3. The Kier molecular flexibility index (Phi) is 17.3. The maximum atomic E-state index is 17.3. The molecule has 0 unspecified atom stereocenters. The van der Waals surface area contributed by atoms with E-state index in [4.69, 9.17) is 30.6 Å². The number of aromatic nitrogens is 4. The SMILES string of the molecule is C=C(F)C(=O)N1CCN(c2nc(OCCN3CCC(COc4cc([C@@H](C(=O)N5C[C@H](O)C[C@H]5C(=O)N[C@@H](C)c5ccc(-c6scnc6C)cc5)C(C)C)on4)CC3)nc3c(F)c(-c4cc(O)cc5ccccc45)c(Cl)cc23)C[C@@H]1CC#N.